The van der Waals surface area contributed by atoms with Crippen LogP contribution < -0.4 is 10.2 Å². The molecule has 0 saturated carbocycles. The third kappa shape index (κ3) is 2.33. The lowest BCUT2D eigenvalue weighted by atomic mass is 10.0. The van der Waals surface area contributed by atoms with Crippen LogP contribution in [-0.2, 0) is 21.1 Å². The molecule has 0 bridgehead atoms. The standard InChI is InChI=1S/C14H18N2O3S/c1-2-10-3-5-11(6-4-10)16-13-9-20(18,19)8-12(13)15-7-14(16)17/h3-6,12-13,15H,2,7-9H2,1H3/t12-,13+/m1/s1. The van der Waals surface area contributed by atoms with Gasteiger partial charge >= 0.3 is 0 Å². The number of rotatable bonds is 2. The molecule has 3 rings (SSSR count). The quantitative estimate of drug-likeness (QED) is 0.855. The number of fused-ring (bicyclic) bond motifs is 1. The van der Waals surface area contributed by atoms with Crippen molar-refractivity contribution < 1.29 is 13.2 Å². The van der Waals surface area contributed by atoms with E-state index in [2.05, 4.69) is 12.2 Å². The monoisotopic (exact) mass is 294 g/mol. The van der Waals surface area contributed by atoms with Gasteiger partial charge in [0, 0.05) is 11.7 Å². The van der Waals surface area contributed by atoms with Gasteiger partial charge in [0.1, 0.15) is 0 Å². The van der Waals surface area contributed by atoms with Crippen molar-refractivity contribution in [3.63, 3.8) is 0 Å². The SMILES string of the molecule is CCc1ccc(N2C(=O)CN[C@@H]3CS(=O)(=O)C[C@@H]32)cc1. The van der Waals surface area contributed by atoms with Gasteiger partial charge in [-0.15, -0.1) is 0 Å². The van der Waals surface area contributed by atoms with E-state index in [0.29, 0.717) is 0 Å². The normalized spacial score (nSPS) is 28.4. The molecule has 0 aromatic heterocycles. The fraction of sp³-hybridized carbons (Fsp3) is 0.500. The van der Waals surface area contributed by atoms with Crippen LogP contribution in [-0.4, -0.2) is 44.5 Å². The number of anilines is 1. The maximum atomic E-state index is 12.2. The van der Waals surface area contributed by atoms with E-state index < -0.39 is 9.84 Å². The van der Waals surface area contributed by atoms with Crippen LogP contribution in [0.4, 0.5) is 5.69 Å². The molecular formula is C14H18N2O3S. The number of nitrogens with zero attached hydrogens (tertiary/aromatic N) is 1. The Bertz CT molecular complexity index is 624. The van der Waals surface area contributed by atoms with Gasteiger partial charge in [0.2, 0.25) is 5.91 Å². The summed E-state index contributed by atoms with van der Waals surface area (Å²) < 4.78 is 23.6. The Morgan fingerprint density at radius 2 is 1.95 bits per heavy atom. The van der Waals surface area contributed by atoms with Crippen LogP contribution in [0.5, 0.6) is 0 Å². The molecule has 5 nitrogen and oxygen atoms in total. The molecule has 2 saturated heterocycles. The Kier molecular flexibility index (Phi) is 3.30. The molecule has 1 aromatic carbocycles. The number of nitrogens with one attached hydrogen (secondary N) is 1. The number of hydrogen-bond donors (Lipinski definition) is 1. The maximum Gasteiger partial charge on any atom is 0.241 e. The summed E-state index contributed by atoms with van der Waals surface area (Å²) in [6.07, 6.45) is 0.941. The zero-order chi connectivity index (χ0) is 14.3. The van der Waals surface area contributed by atoms with E-state index in [0.717, 1.165) is 12.1 Å². The molecule has 2 fully saturated rings. The summed E-state index contributed by atoms with van der Waals surface area (Å²) in [4.78, 5) is 13.8. The van der Waals surface area contributed by atoms with E-state index in [1.165, 1.54) is 5.56 Å². The summed E-state index contributed by atoms with van der Waals surface area (Å²) in [5.41, 5.74) is 1.99. The summed E-state index contributed by atoms with van der Waals surface area (Å²) >= 11 is 0. The first-order valence-corrected chi connectivity index (χ1v) is 8.67. The molecule has 2 aliphatic rings. The number of piperazine rings is 1. The minimum absolute atomic E-state index is 0.0476. The van der Waals surface area contributed by atoms with E-state index in [9.17, 15) is 13.2 Å². The molecule has 1 N–H and O–H groups in total. The summed E-state index contributed by atoms with van der Waals surface area (Å²) in [7, 11) is -3.06. The van der Waals surface area contributed by atoms with Crippen molar-refractivity contribution in [1.82, 2.24) is 5.32 Å². The van der Waals surface area contributed by atoms with Crippen molar-refractivity contribution >= 4 is 21.4 Å². The highest BCUT2D eigenvalue weighted by Gasteiger charge is 2.45. The fourth-order valence-corrected chi connectivity index (χ4v) is 4.92. The smallest absolute Gasteiger partial charge is 0.241 e. The number of benzene rings is 1. The molecule has 0 unspecified atom stereocenters. The molecule has 2 aliphatic heterocycles. The molecule has 20 heavy (non-hydrogen) atoms. The van der Waals surface area contributed by atoms with Gasteiger partial charge in [0.15, 0.2) is 9.84 Å². The van der Waals surface area contributed by atoms with Crippen molar-refractivity contribution in [3.05, 3.63) is 29.8 Å². The molecule has 108 valence electrons. The van der Waals surface area contributed by atoms with Gasteiger partial charge in [-0.25, -0.2) is 8.42 Å². The fourth-order valence-electron chi connectivity index (χ4n) is 2.99. The van der Waals surface area contributed by atoms with Crippen LogP contribution in [0.2, 0.25) is 0 Å². The van der Waals surface area contributed by atoms with E-state index in [4.69, 9.17) is 0 Å². The average Bonchev–Trinajstić information content (AvgIpc) is 2.73. The van der Waals surface area contributed by atoms with Crippen molar-refractivity contribution in [2.45, 2.75) is 25.4 Å². The molecule has 0 spiro atoms. The Morgan fingerprint density at radius 1 is 1.25 bits per heavy atom. The first kappa shape index (κ1) is 13.6. The van der Waals surface area contributed by atoms with Gasteiger partial charge in [-0.05, 0) is 24.1 Å². The van der Waals surface area contributed by atoms with E-state index in [1.807, 2.05) is 24.3 Å². The van der Waals surface area contributed by atoms with Gasteiger partial charge < -0.3 is 10.2 Å². The predicted octanol–water partition coefficient (Wildman–Crippen LogP) is 0.351. The zero-order valence-electron chi connectivity index (χ0n) is 11.4. The first-order valence-electron chi connectivity index (χ1n) is 6.85. The van der Waals surface area contributed by atoms with Crippen molar-refractivity contribution in [2.24, 2.45) is 0 Å². The van der Waals surface area contributed by atoms with Crippen LogP contribution >= 0.6 is 0 Å². The molecule has 6 heteroatoms. The molecule has 2 heterocycles. The van der Waals surface area contributed by atoms with Gasteiger partial charge in [-0.1, -0.05) is 19.1 Å². The second-order valence-electron chi connectivity index (χ2n) is 5.42. The number of carbonyl (C=O) groups excluding carboxylic acids is 1. The third-order valence-corrected chi connectivity index (χ3v) is 5.78. The molecule has 0 radical (unpaired) electrons. The number of amides is 1. The van der Waals surface area contributed by atoms with Crippen LogP contribution in [0.3, 0.4) is 0 Å². The summed E-state index contributed by atoms with van der Waals surface area (Å²) in [5, 5.41) is 3.04. The van der Waals surface area contributed by atoms with Gasteiger partial charge in [0.25, 0.3) is 0 Å². The lowest BCUT2D eigenvalue weighted by Crippen LogP contribution is -2.60. The summed E-state index contributed by atoms with van der Waals surface area (Å²) in [6.45, 7) is 2.27. The topological polar surface area (TPSA) is 66.5 Å². The average molecular weight is 294 g/mol. The number of sulfone groups is 1. The molecule has 1 aromatic rings. The highest BCUT2D eigenvalue weighted by molar-refractivity contribution is 7.91. The summed E-state index contributed by atoms with van der Waals surface area (Å²) in [5.74, 6) is 0.105. The second kappa shape index (κ2) is 4.86. The van der Waals surface area contributed by atoms with E-state index >= 15 is 0 Å². The van der Waals surface area contributed by atoms with Crippen LogP contribution in [0, 0.1) is 0 Å². The largest absolute Gasteiger partial charge is 0.306 e. The maximum absolute atomic E-state index is 12.2. The minimum Gasteiger partial charge on any atom is -0.306 e. The van der Waals surface area contributed by atoms with Crippen molar-refractivity contribution in [3.8, 4) is 0 Å². The van der Waals surface area contributed by atoms with Crippen molar-refractivity contribution in [2.75, 3.05) is 23.0 Å². The van der Waals surface area contributed by atoms with Crippen molar-refractivity contribution in [1.29, 1.82) is 0 Å². The highest BCUT2D eigenvalue weighted by atomic mass is 32.2. The van der Waals surface area contributed by atoms with Gasteiger partial charge in [-0.3, -0.25) is 4.79 Å². The lowest BCUT2D eigenvalue weighted by Gasteiger charge is -2.37. The van der Waals surface area contributed by atoms with Crippen LogP contribution in [0.15, 0.2) is 24.3 Å². The first-order chi connectivity index (χ1) is 9.50. The minimum atomic E-state index is -3.06. The lowest BCUT2D eigenvalue weighted by molar-refractivity contribution is -0.119. The Labute approximate surface area is 118 Å². The molecule has 2 atom stereocenters. The van der Waals surface area contributed by atoms with Crippen LogP contribution in [0.1, 0.15) is 12.5 Å². The Morgan fingerprint density at radius 3 is 2.60 bits per heavy atom. The summed E-state index contributed by atoms with van der Waals surface area (Å²) in [6, 6.07) is 7.36. The number of hydrogen-bond acceptors (Lipinski definition) is 4. The van der Waals surface area contributed by atoms with Gasteiger partial charge in [0.05, 0.1) is 24.1 Å². The number of carbonyl (C=O) groups is 1. The third-order valence-electron chi connectivity index (χ3n) is 4.06. The van der Waals surface area contributed by atoms with E-state index in [-0.39, 0.29) is 36.0 Å². The molecule has 1 amide bonds. The molecular weight excluding hydrogens is 276 g/mol. The predicted molar refractivity (Wildman–Crippen MR) is 77.5 cm³/mol. The zero-order valence-corrected chi connectivity index (χ0v) is 12.2. The van der Waals surface area contributed by atoms with Gasteiger partial charge in [-0.2, -0.15) is 0 Å². The Hall–Kier alpha value is -1.40. The highest BCUT2D eigenvalue weighted by Crippen LogP contribution is 2.27. The van der Waals surface area contributed by atoms with E-state index in [1.54, 1.807) is 4.90 Å². The van der Waals surface area contributed by atoms with Crippen LogP contribution in [0.25, 0.3) is 0 Å². The second-order valence-corrected chi connectivity index (χ2v) is 7.57. The molecule has 0 aliphatic carbocycles. The Balaban J connectivity index is 1.94. The number of aryl methyl sites for hydroxylation is 1.